The second-order valence-electron chi connectivity index (χ2n) is 6.42. The van der Waals surface area contributed by atoms with Crippen LogP contribution in [0.3, 0.4) is 0 Å². The van der Waals surface area contributed by atoms with E-state index in [2.05, 4.69) is 20.9 Å². The number of hydrogen-bond donors (Lipinski definition) is 1. The maximum Gasteiger partial charge on any atom is 0.0584 e. The molecule has 0 saturated carbocycles. The molecule has 0 aromatic carbocycles. The van der Waals surface area contributed by atoms with Crippen LogP contribution >= 0.6 is 0 Å². The second kappa shape index (κ2) is 7.34. The lowest BCUT2D eigenvalue weighted by atomic mass is 9.99. The molecule has 2 N–H and O–H groups in total. The Labute approximate surface area is 128 Å². The molecule has 21 heavy (non-hydrogen) atoms. The van der Waals surface area contributed by atoms with Crippen molar-refractivity contribution in [2.45, 2.75) is 51.2 Å². The zero-order valence-electron chi connectivity index (χ0n) is 13.0. The molecule has 0 atom stereocenters. The van der Waals surface area contributed by atoms with E-state index >= 15 is 0 Å². The highest BCUT2D eigenvalue weighted by atomic mass is 15.2. The summed E-state index contributed by atoms with van der Waals surface area (Å²) in [5, 5.41) is 0. The maximum atomic E-state index is 5.79. The van der Waals surface area contributed by atoms with E-state index < -0.39 is 0 Å². The van der Waals surface area contributed by atoms with Crippen LogP contribution in [0.5, 0.6) is 0 Å². The average Bonchev–Trinajstić information content (AvgIpc) is 2.57. The van der Waals surface area contributed by atoms with Crippen molar-refractivity contribution in [1.82, 2.24) is 14.8 Å². The van der Waals surface area contributed by atoms with Gasteiger partial charge in [0.2, 0.25) is 0 Å². The molecule has 0 aliphatic carbocycles. The lowest BCUT2D eigenvalue weighted by Crippen LogP contribution is -2.46. The summed E-state index contributed by atoms with van der Waals surface area (Å²) in [7, 11) is 0. The molecule has 1 aromatic heterocycles. The SMILES string of the molecule is NCc1ncccc1CN1CCC(N2CCCCC2)CC1. The lowest BCUT2D eigenvalue weighted by Gasteiger charge is -2.40. The minimum atomic E-state index is 0.542. The van der Waals surface area contributed by atoms with Crippen molar-refractivity contribution in [3.63, 3.8) is 0 Å². The molecule has 4 nitrogen and oxygen atoms in total. The van der Waals surface area contributed by atoms with Crippen LogP contribution in [0, 0.1) is 0 Å². The molecule has 0 unspecified atom stereocenters. The van der Waals surface area contributed by atoms with Crippen LogP contribution in [0.4, 0.5) is 0 Å². The van der Waals surface area contributed by atoms with Gasteiger partial charge in [-0.25, -0.2) is 0 Å². The molecule has 0 amide bonds. The predicted octanol–water partition coefficient (Wildman–Crippen LogP) is 1.99. The van der Waals surface area contributed by atoms with Gasteiger partial charge in [-0.3, -0.25) is 9.88 Å². The Bertz CT molecular complexity index is 434. The summed E-state index contributed by atoms with van der Waals surface area (Å²) in [5.74, 6) is 0. The fourth-order valence-electron chi connectivity index (χ4n) is 3.77. The van der Waals surface area contributed by atoms with E-state index in [1.807, 2.05) is 12.3 Å². The third kappa shape index (κ3) is 3.82. The van der Waals surface area contributed by atoms with Gasteiger partial charge in [0.1, 0.15) is 0 Å². The van der Waals surface area contributed by atoms with Crippen molar-refractivity contribution in [3.05, 3.63) is 29.6 Å². The van der Waals surface area contributed by atoms with E-state index in [9.17, 15) is 0 Å². The number of nitrogens with zero attached hydrogens (tertiary/aromatic N) is 3. The Kier molecular flexibility index (Phi) is 5.22. The molecule has 0 bridgehead atoms. The van der Waals surface area contributed by atoms with Gasteiger partial charge in [0, 0.05) is 25.3 Å². The molecule has 0 radical (unpaired) electrons. The molecular formula is C17H28N4. The Hall–Kier alpha value is -0.970. The first-order valence-corrected chi connectivity index (χ1v) is 8.46. The number of hydrogen-bond acceptors (Lipinski definition) is 4. The van der Waals surface area contributed by atoms with Crippen LogP contribution in [0.15, 0.2) is 18.3 Å². The number of piperidine rings is 2. The first-order valence-electron chi connectivity index (χ1n) is 8.46. The Morgan fingerprint density at radius 3 is 2.57 bits per heavy atom. The number of likely N-dealkylation sites (tertiary alicyclic amines) is 2. The van der Waals surface area contributed by atoms with E-state index in [1.54, 1.807) is 0 Å². The van der Waals surface area contributed by atoms with Gasteiger partial charge in [-0.15, -0.1) is 0 Å². The summed E-state index contributed by atoms with van der Waals surface area (Å²) in [5.41, 5.74) is 8.14. The van der Waals surface area contributed by atoms with Crippen LogP contribution in [0.1, 0.15) is 43.4 Å². The van der Waals surface area contributed by atoms with Crippen molar-refractivity contribution in [2.75, 3.05) is 26.2 Å². The van der Waals surface area contributed by atoms with E-state index in [1.165, 1.54) is 63.8 Å². The predicted molar refractivity (Wildman–Crippen MR) is 85.9 cm³/mol. The molecule has 2 aliphatic heterocycles. The molecule has 2 fully saturated rings. The zero-order valence-corrected chi connectivity index (χ0v) is 13.0. The smallest absolute Gasteiger partial charge is 0.0584 e. The molecule has 2 aliphatic rings. The normalized spacial score (nSPS) is 22.5. The van der Waals surface area contributed by atoms with Crippen LogP contribution < -0.4 is 5.73 Å². The highest BCUT2D eigenvalue weighted by Crippen LogP contribution is 2.22. The minimum Gasteiger partial charge on any atom is -0.325 e. The Morgan fingerprint density at radius 2 is 1.86 bits per heavy atom. The van der Waals surface area contributed by atoms with Crippen LogP contribution in [-0.4, -0.2) is 47.0 Å². The third-order valence-corrected chi connectivity index (χ3v) is 5.04. The maximum absolute atomic E-state index is 5.79. The fraction of sp³-hybridized carbons (Fsp3) is 0.706. The van der Waals surface area contributed by atoms with Crippen molar-refractivity contribution in [2.24, 2.45) is 5.73 Å². The topological polar surface area (TPSA) is 45.4 Å². The standard InChI is InChI=1S/C17H28N4/c18-13-17-15(5-4-8-19-17)14-20-11-6-16(7-12-20)21-9-2-1-3-10-21/h4-5,8,16H,1-3,6-7,9-14,18H2. The molecule has 0 spiro atoms. The van der Waals surface area contributed by atoms with Crippen molar-refractivity contribution < 1.29 is 0 Å². The van der Waals surface area contributed by atoms with E-state index in [-0.39, 0.29) is 0 Å². The monoisotopic (exact) mass is 288 g/mol. The second-order valence-corrected chi connectivity index (χ2v) is 6.42. The number of rotatable bonds is 4. The molecular weight excluding hydrogens is 260 g/mol. The largest absolute Gasteiger partial charge is 0.325 e. The molecule has 1 aromatic rings. The van der Waals surface area contributed by atoms with Gasteiger partial charge >= 0.3 is 0 Å². The van der Waals surface area contributed by atoms with Gasteiger partial charge < -0.3 is 10.6 Å². The summed E-state index contributed by atoms with van der Waals surface area (Å²) >= 11 is 0. The van der Waals surface area contributed by atoms with Crippen LogP contribution in [-0.2, 0) is 13.1 Å². The number of nitrogens with two attached hydrogens (primary N) is 1. The highest BCUT2D eigenvalue weighted by molar-refractivity contribution is 5.19. The zero-order chi connectivity index (χ0) is 14.5. The molecule has 4 heteroatoms. The van der Waals surface area contributed by atoms with Crippen LogP contribution in [0.25, 0.3) is 0 Å². The average molecular weight is 288 g/mol. The summed E-state index contributed by atoms with van der Waals surface area (Å²) in [6, 6.07) is 5.02. The number of aromatic nitrogens is 1. The minimum absolute atomic E-state index is 0.542. The Morgan fingerprint density at radius 1 is 1.10 bits per heavy atom. The van der Waals surface area contributed by atoms with E-state index in [0.717, 1.165) is 18.3 Å². The summed E-state index contributed by atoms with van der Waals surface area (Å²) in [4.78, 5) is 9.69. The van der Waals surface area contributed by atoms with Crippen molar-refractivity contribution >= 4 is 0 Å². The molecule has 2 saturated heterocycles. The summed E-state index contributed by atoms with van der Waals surface area (Å²) in [6.45, 7) is 6.61. The van der Waals surface area contributed by atoms with Crippen molar-refractivity contribution in [3.8, 4) is 0 Å². The fourth-order valence-corrected chi connectivity index (χ4v) is 3.77. The van der Waals surface area contributed by atoms with Crippen LogP contribution in [0.2, 0.25) is 0 Å². The number of pyridine rings is 1. The van der Waals surface area contributed by atoms with Gasteiger partial charge in [-0.2, -0.15) is 0 Å². The summed E-state index contributed by atoms with van der Waals surface area (Å²) in [6.07, 6.45) is 8.70. The van der Waals surface area contributed by atoms with E-state index in [4.69, 9.17) is 5.73 Å². The molecule has 116 valence electrons. The first kappa shape index (κ1) is 14.9. The van der Waals surface area contributed by atoms with Gasteiger partial charge in [-0.1, -0.05) is 12.5 Å². The molecule has 3 rings (SSSR count). The lowest BCUT2D eigenvalue weighted by molar-refractivity contribution is 0.0895. The summed E-state index contributed by atoms with van der Waals surface area (Å²) < 4.78 is 0. The van der Waals surface area contributed by atoms with Gasteiger partial charge in [0.25, 0.3) is 0 Å². The highest BCUT2D eigenvalue weighted by Gasteiger charge is 2.25. The van der Waals surface area contributed by atoms with E-state index in [0.29, 0.717) is 6.54 Å². The van der Waals surface area contributed by atoms with Gasteiger partial charge in [0.15, 0.2) is 0 Å². The Balaban J connectivity index is 1.51. The van der Waals surface area contributed by atoms with Gasteiger partial charge in [-0.05, 0) is 63.5 Å². The third-order valence-electron chi connectivity index (χ3n) is 5.04. The first-order chi connectivity index (χ1) is 10.4. The molecule has 3 heterocycles. The van der Waals surface area contributed by atoms with Crippen molar-refractivity contribution in [1.29, 1.82) is 0 Å². The quantitative estimate of drug-likeness (QED) is 0.920. The van der Waals surface area contributed by atoms with Gasteiger partial charge in [0.05, 0.1) is 5.69 Å².